The summed E-state index contributed by atoms with van der Waals surface area (Å²) in [4.78, 5) is 34.8. The fourth-order valence-corrected chi connectivity index (χ4v) is 3.06. The first kappa shape index (κ1) is 25.3. The van der Waals surface area contributed by atoms with E-state index in [-0.39, 0.29) is 42.0 Å². The Morgan fingerprint density at radius 2 is 2.25 bits per heavy atom. The Kier molecular flexibility index (Phi) is 10.1. The molecule has 0 saturated heterocycles. The van der Waals surface area contributed by atoms with Gasteiger partial charge in [0.05, 0.1) is 24.6 Å². The summed E-state index contributed by atoms with van der Waals surface area (Å²) in [6.07, 6.45) is 2.49. The first-order valence-electron chi connectivity index (χ1n) is 10.0. The minimum atomic E-state index is -0.506. The van der Waals surface area contributed by atoms with Crippen LogP contribution >= 0.6 is 11.8 Å². The van der Waals surface area contributed by atoms with E-state index in [1.54, 1.807) is 6.20 Å². The number of anilines is 1. The summed E-state index contributed by atoms with van der Waals surface area (Å²) in [6.45, 7) is 4.50. The second-order valence-electron chi connectivity index (χ2n) is 6.99. The predicted octanol–water partition coefficient (Wildman–Crippen LogP) is -0.711. The number of aromatic nitrogens is 5. The lowest BCUT2D eigenvalue weighted by Gasteiger charge is -2.07. The van der Waals surface area contributed by atoms with Crippen LogP contribution in [0.5, 0.6) is 0 Å². The van der Waals surface area contributed by atoms with Crippen LogP contribution in [0.4, 0.5) is 11.6 Å². The predicted molar refractivity (Wildman–Crippen MR) is 121 cm³/mol. The van der Waals surface area contributed by atoms with Crippen molar-refractivity contribution in [1.82, 2.24) is 30.3 Å². The molecule has 32 heavy (non-hydrogen) atoms. The summed E-state index contributed by atoms with van der Waals surface area (Å²) in [6, 6.07) is 0. The van der Waals surface area contributed by atoms with E-state index in [9.17, 15) is 9.59 Å². The highest BCUT2D eigenvalue weighted by Crippen LogP contribution is 2.16. The number of thioether (sulfide) groups is 1. The van der Waals surface area contributed by atoms with E-state index in [2.05, 4.69) is 30.6 Å². The largest absolute Gasteiger partial charge is 0.396 e. The van der Waals surface area contributed by atoms with Crippen LogP contribution in [0.25, 0.3) is 0 Å². The number of nitrogens with zero attached hydrogens (tertiary/aromatic N) is 5. The van der Waals surface area contributed by atoms with Crippen molar-refractivity contribution >= 4 is 34.5 Å². The maximum Gasteiger partial charge on any atom is 0.278 e. The number of nitrogen functional groups attached to an aromatic ring is 1. The molecule has 0 radical (unpaired) electrons. The van der Waals surface area contributed by atoms with Gasteiger partial charge in [0, 0.05) is 18.9 Å². The van der Waals surface area contributed by atoms with Gasteiger partial charge in [-0.15, -0.1) is 5.10 Å². The van der Waals surface area contributed by atoms with E-state index in [0.29, 0.717) is 43.1 Å². The molecule has 0 spiro atoms. The zero-order valence-electron chi connectivity index (χ0n) is 18.1. The number of carbonyl (C=O) groups excluding carboxylic acids is 1. The molecule has 176 valence electrons. The summed E-state index contributed by atoms with van der Waals surface area (Å²) in [5.74, 6) is 0.189. The lowest BCUT2D eigenvalue weighted by Crippen LogP contribution is -2.30. The molecule has 2 aromatic heterocycles. The van der Waals surface area contributed by atoms with Gasteiger partial charge >= 0.3 is 0 Å². The molecule has 0 fully saturated rings. The Morgan fingerprint density at radius 3 is 2.97 bits per heavy atom. The number of aromatic amines is 1. The van der Waals surface area contributed by atoms with E-state index in [1.807, 2.05) is 13.8 Å². The SMILES string of the molecule is CC(C)OCc1cn(CC(=O)NCCSC(N)=Nc2c(CCCO)nc(N)[nH]c2=O)nn1. The number of aliphatic hydroxyl groups is 1. The average Bonchev–Trinajstić information content (AvgIpc) is 3.17. The molecule has 7 N–H and O–H groups in total. The smallest absolute Gasteiger partial charge is 0.278 e. The number of hydrogen-bond acceptors (Lipinski definition) is 10. The number of nitrogens with two attached hydrogens (primary N) is 2. The number of aryl methyl sites for hydroxylation is 1. The third-order valence-electron chi connectivity index (χ3n) is 3.91. The highest BCUT2D eigenvalue weighted by atomic mass is 32.2. The van der Waals surface area contributed by atoms with E-state index in [1.165, 1.54) is 16.4 Å². The number of amides is 1. The number of amidine groups is 1. The molecule has 13 nitrogen and oxygen atoms in total. The van der Waals surface area contributed by atoms with E-state index < -0.39 is 5.56 Å². The van der Waals surface area contributed by atoms with Gasteiger partial charge in [-0.2, -0.15) is 0 Å². The first-order valence-corrected chi connectivity index (χ1v) is 11.0. The minimum absolute atomic E-state index is 0.0252. The molecule has 2 aromatic rings. The van der Waals surface area contributed by atoms with Gasteiger partial charge in [-0.1, -0.05) is 17.0 Å². The van der Waals surface area contributed by atoms with Crippen molar-refractivity contribution in [3.63, 3.8) is 0 Å². The van der Waals surface area contributed by atoms with Crippen LogP contribution in [0.2, 0.25) is 0 Å². The molecule has 14 heteroatoms. The van der Waals surface area contributed by atoms with Crippen molar-refractivity contribution in [2.45, 2.75) is 45.9 Å². The van der Waals surface area contributed by atoms with Crippen LogP contribution in [-0.4, -0.2) is 66.2 Å². The summed E-state index contributed by atoms with van der Waals surface area (Å²) in [5.41, 5.74) is 12.0. The maximum absolute atomic E-state index is 12.1. The second-order valence-corrected chi connectivity index (χ2v) is 8.10. The van der Waals surface area contributed by atoms with Gasteiger partial charge in [0.1, 0.15) is 12.2 Å². The van der Waals surface area contributed by atoms with Crippen molar-refractivity contribution in [1.29, 1.82) is 0 Å². The number of aliphatic imine (C=N–C) groups is 1. The third-order valence-corrected chi connectivity index (χ3v) is 4.70. The molecule has 0 aliphatic rings. The van der Waals surface area contributed by atoms with Gasteiger partial charge in [-0.05, 0) is 26.7 Å². The van der Waals surface area contributed by atoms with Crippen molar-refractivity contribution < 1.29 is 14.6 Å². The normalized spacial score (nSPS) is 11.8. The zero-order chi connectivity index (χ0) is 23.5. The first-order chi connectivity index (χ1) is 15.3. The van der Waals surface area contributed by atoms with E-state index >= 15 is 0 Å². The van der Waals surface area contributed by atoms with Gasteiger partial charge in [-0.25, -0.2) is 14.7 Å². The third kappa shape index (κ3) is 8.64. The number of carbonyl (C=O) groups is 1. The van der Waals surface area contributed by atoms with Crippen LogP contribution in [0.3, 0.4) is 0 Å². The van der Waals surface area contributed by atoms with Crippen LogP contribution in [-0.2, 0) is 29.1 Å². The van der Waals surface area contributed by atoms with Crippen molar-refractivity contribution in [3.8, 4) is 0 Å². The van der Waals surface area contributed by atoms with E-state index in [0.717, 1.165) is 0 Å². The molecule has 0 saturated carbocycles. The van der Waals surface area contributed by atoms with Crippen LogP contribution in [0.1, 0.15) is 31.7 Å². The highest BCUT2D eigenvalue weighted by Gasteiger charge is 2.11. The molecule has 0 atom stereocenters. The van der Waals surface area contributed by atoms with Gasteiger partial charge in [0.15, 0.2) is 10.9 Å². The molecular formula is C18H29N9O4S. The summed E-state index contributed by atoms with van der Waals surface area (Å²) in [7, 11) is 0. The number of hydrogen-bond donors (Lipinski definition) is 5. The highest BCUT2D eigenvalue weighted by molar-refractivity contribution is 8.13. The Labute approximate surface area is 189 Å². The maximum atomic E-state index is 12.1. The van der Waals surface area contributed by atoms with Gasteiger partial charge in [0.25, 0.3) is 5.56 Å². The van der Waals surface area contributed by atoms with Crippen molar-refractivity contribution in [2.24, 2.45) is 10.7 Å². The summed E-state index contributed by atoms with van der Waals surface area (Å²) in [5, 5.41) is 19.8. The van der Waals surface area contributed by atoms with Crippen LogP contribution in [0.15, 0.2) is 16.0 Å². The topological polar surface area (TPSA) is 199 Å². The Hall–Kier alpha value is -2.97. The van der Waals surface area contributed by atoms with Gasteiger partial charge < -0.3 is 26.6 Å². The Balaban J connectivity index is 1.81. The fraction of sp³-hybridized carbons (Fsp3) is 0.556. The average molecular weight is 468 g/mol. The van der Waals surface area contributed by atoms with Crippen molar-refractivity contribution in [3.05, 3.63) is 27.9 Å². The number of nitrogens with one attached hydrogen (secondary N) is 2. The van der Waals surface area contributed by atoms with Crippen LogP contribution < -0.4 is 22.3 Å². The van der Waals surface area contributed by atoms with Crippen LogP contribution in [0, 0.1) is 0 Å². The summed E-state index contributed by atoms with van der Waals surface area (Å²) >= 11 is 1.18. The minimum Gasteiger partial charge on any atom is -0.396 e. The number of H-pyrrole nitrogens is 1. The van der Waals surface area contributed by atoms with Crippen molar-refractivity contribution in [2.75, 3.05) is 24.6 Å². The number of ether oxygens (including phenoxy) is 1. The lowest BCUT2D eigenvalue weighted by molar-refractivity contribution is -0.121. The monoisotopic (exact) mass is 467 g/mol. The summed E-state index contributed by atoms with van der Waals surface area (Å²) < 4.78 is 6.88. The number of aliphatic hydroxyl groups excluding tert-OH is 1. The zero-order valence-corrected chi connectivity index (χ0v) is 18.9. The quantitative estimate of drug-likeness (QED) is 0.151. The fourth-order valence-electron chi connectivity index (χ4n) is 2.49. The molecule has 1 amide bonds. The molecular weight excluding hydrogens is 438 g/mol. The second kappa shape index (κ2) is 12.8. The van der Waals surface area contributed by atoms with E-state index in [4.69, 9.17) is 21.3 Å². The molecule has 0 aliphatic carbocycles. The molecule has 0 aromatic carbocycles. The molecule has 0 aliphatic heterocycles. The Morgan fingerprint density at radius 1 is 1.47 bits per heavy atom. The molecule has 0 bridgehead atoms. The molecule has 0 unspecified atom stereocenters. The lowest BCUT2D eigenvalue weighted by atomic mass is 10.2. The molecule has 2 heterocycles. The number of rotatable bonds is 12. The van der Waals surface area contributed by atoms with Gasteiger partial charge in [-0.3, -0.25) is 14.6 Å². The van der Waals surface area contributed by atoms with Gasteiger partial charge in [0.2, 0.25) is 11.9 Å². The Bertz CT molecular complexity index is 974. The standard InChI is InChI=1S/C18H29N9O4S/c1-11(2)31-10-12-8-27(26-25-12)9-14(29)21-5-7-32-18(20)23-15-13(4-3-6-28)22-17(19)24-16(15)30/h8,11,28H,3-7,9-10H2,1-2H3,(H2,20,23)(H,21,29)(H3,19,22,24,30). The molecule has 2 rings (SSSR count).